The molecule has 19 aromatic rings. The van der Waals surface area contributed by atoms with Gasteiger partial charge in [-0.1, -0.05) is 314 Å². The average Bonchev–Trinajstić information content (AvgIpc) is 0.842. The zero-order chi connectivity index (χ0) is 79.0. The Balaban J connectivity index is 0.894. The van der Waals surface area contributed by atoms with Crippen molar-refractivity contribution in [2.45, 2.75) is 66.2 Å². The molecule has 0 radical (unpaired) electrons. The van der Waals surface area contributed by atoms with Crippen molar-refractivity contribution in [3.63, 3.8) is 0 Å². The average molecular weight is 1500 g/mol. The highest BCUT2D eigenvalue weighted by Gasteiger charge is 2.46. The van der Waals surface area contributed by atoms with Gasteiger partial charge >= 0.3 is 0 Å². The highest BCUT2D eigenvalue weighted by molar-refractivity contribution is 7.00. The van der Waals surface area contributed by atoms with Crippen molar-refractivity contribution in [3.8, 4) is 100 Å². The molecule has 0 amide bonds. The molecule has 117 heavy (non-hydrogen) atoms. The molecule has 0 unspecified atom stereocenters. The molecule has 0 saturated carbocycles. The molecule has 4 nitrogen and oxygen atoms in total. The fraction of sp³-hybridized carbons (Fsp3) is 0.0893. The number of aryl methyl sites for hydroxylation is 2. The molecule has 558 valence electrons. The zero-order valence-electron chi connectivity index (χ0n) is 67.2. The largest absolute Gasteiger partial charge is 0.310 e. The number of aromatic nitrogens is 2. The van der Waals surface area contributed by atoms with Crippen LogP contribution in [0.5, 0.6) is 0 Å². The minimum absolute atomic E-state index is 0.249. The lowest BCUT2D eigenvalue weighted by molar-refractivity contribution is 0.590. The lowest BCUT2D eigenvalue weighted by Crippen LogP contribution is -2.61. The minimum atomic E-state index is -0.270. The summed E-state index contributed by atoms with van der Waals surface area (Å²) in [5, 5.41) is 4.93. The summed E-state index contributed by atoms with van der Waals surface area (Å²) in [6.45, 7) is 18.4. The van der Waals surface area contributed by atoms with Gasteiger partial charge in [0.05, 0.1) is 33.4 Å². The van der Waals surface area contributed by atoms with Crippen LogP contribution in [0.3, 0.4) is 0 Å². The van der Waals surface area contributed by atoms with E-state index in [4.69, 9.17) is 0 Å². The summed E-state index contributed by atoms with van der Waals surface area (Å²) in [4.78, 5) is 5.43. The van der Waals surface area contributed by atoms with Crippen LogP contribution in [0.15, 0.2) is 382 Å². The third kappa shape index (κ3) is 12.1. The highest BCUT2D eigenvalue weighted by atomic mass is 15.2. The van der Waals surface area contributed by atoms with Crippen molar-refractivity contribution in [3.05, 3.63) is 404 Å². The predicted molar refractivity (Wildman–Crippen MR) is 500 cm³/mol. The molecule has 0 spiro atoms. The summed E-state index contributed by atoms with van der Waals surface area (Å²) >= 11 is 0. The van der Waals surface area contributed by atoms with E-state index in [1.54, 1.807) is 0 Å². The monoisotopic (exact) mass is 1500 g/mol. The highest BCUT2D eigenvalue weighted by Crippen LogP contribution is 2.56. The molecule has 2 aliphatic heterocycles. The van der Waals surface area contributed by atoms with Crippen LogP contribution in [-0.2, 0) is 10.8 Å². The third-order valence-corrected chi connectivity index (χ3v) is 24.7. The topological polar surface area (TPSA) is 16.3 Å². The van der Waals surface area contributed by atoms with Gasteiger partial charge in [-0.25, -0.2) is 0 Å². The van der Waals surface area contributed by atoms with E-state index in [0.717, 1.165) is 123 Å². The molecule has 2 aromatic heterocycles. The van der Waals surface area contributed by atoms with Gasteiger partial charge in [0.15, 0.2) is 0 Å². The first-order valence-corrected chi connectivity index (χ1v) is 41.1. The van der Waals surface area contributed by atoms with E-state index < -0.39 is 0 Å². The van der Waals surface area contributed by atoms with E-state index in [1.807, 2.05) is 0 Å². The Labute approximate surface area is 686 Å². The number of hydrogen-bond acceptors (Lipinski definition) is 2. The Kier molecular flexibility index (Phi) is 16.9. The molecular formula is C112H87BN4. The van der Waals surface area contributed by atoms with Crippen LogP contribution in [0.1, 0.15) is 63.8 Å². The number of hydrogen-bond donors (Lipinski definition) is 0. The minimum Gasteiger partial charge on any atom is -0.310 e. The van der Waals surface area contributed by atoms with Crippen LogP contribution in [-0.4, -0.2) is 15.8 Å². The van der Waals surface area contributed by atoms with Crippen molar-refractivity contribution in [2.75, 3.05) is 9.80 Å². The van der Waals surface area contributed by atoms with Crippen LogP contribution in [0.4, 0.5) is 34.1 Å². The van der Waals surface area contributed by atoms with Crippen molar-refractivity contribution < 1.29 is 0 Å². The van der Waals surface area contributed by atoms with E-state index >= 15 is 0 Å². The standard InChI is InChI=1S/C112H87BN4/c1-72-52-58-102-96(60-72)90-46-21-23-48-100(90)114(102)88-54-56-98-106(70-88)116(109-92(76-34-17-11-18-35-76)66-86(111(3,4)5)68-94(109)84-44-27-42-82(64-84)80-40-25-38-78(62-80)74-30-13-9-14-31-74)104-50-29-51-105-108(104)113(98)99-57-55-89(115-101-49-24-22-47-91(101)97-61-73(2)53-59-103(97)115)71-107(99)117(105)110-93(77-36-19-12-20-37-77)67-87(112(6,7)8)69-95(110)85-45-28-43-83(65-85)81-41-26-39-79(63-81)75-32-15-10-16-33-75/h9-71H,1-8H3. The van der Waals surface area contributed by atoms with Crippen molar-refractivity contribution in [1.82, 2.24) is 9.13 Å². The van der Waals surface area contributed by atoms with E-state index in [0.29, 0.717) is 0 Å². The lowest BCUT2D eigenvalue weighted by atomic mass is 9.33. The zero-order valence-corrected chi connectivity index (χ0v) is 67.2. The van der Waals surface area contributed by atoms with E-state index in [9.17, 15) is 0 Å². The maximum atomic E-state index is 2.71. The lowest BCUT2D eigenvalue weighted by Gasteiger charge is -2.46. The maximum absolute atomic E-state index is 2.71. The van der Waals surface area contributed by atoms with Gasteiger partial charge in [-0.05, 0) is 240 Å². The molecule has 0 fully saturated rings. The van der Waals surface area contributed by atoms with Gasteiger partial charge in [0.25, 0.3) is 6.71 Å². The molecule has 17 aromatic carbocycles. The van der Waals surface area contributed by atoms with Crippen molar-refractivity contribution in [1.29, 1.82) is 0 Å². The smallest absolute Gasteiger partial charge is 0.252 e. The second-order valence-electron chi connectivity index (χ2n) is 34.2. The third-order valence-electron chi connectivity index (χ3n) is 24.7. The number of benzene rings is 17. The Morgan fingerprint density at radius 2 is 0.521 bits per heavy atom. The molecule has 0 atom stereocenters. The quantitative estimate of drug-likeness (QED) is 0.113. The SMILES string of the molecule is Cc1ccc2c(c1)c1ccccc1n2-c1ccc2c(c1)N(c1c(-c3ccccc3)cc(C(C)(C)C)cc1-c1cccc(-c3cccc(-c4ccccc4)c3)c1)c1cccc3c1B2c1ccc(-n2c4ccccc4c4cc(C)ccc42)cc1N3c1c(-c2ccccc2)cc(C(C)(C)C)cc1-c1cccc(-c2cccc(-c3ccccc3)c2)c1. The maximum Gasteiger partial charge on any atom is 0.252 e. The molecule has 0 bridgehead atoms. The normalized spacial score (nSPS) is 12.6. The Morgan fingerprint density at radius 3 is 0.897 bits per heavy atom. The van der Waals surface area contributed by atoms with Crippen molar-refractivity contribution >= 4 is 101 Å². The van der Waals surface area contributed by atoms with Gasteiger partial charge in [-0.3, -0.25) is 0 Å². The summed E-state index contributed by atoms with van der Waals surface area (Å²) in [6.07, 6.45) is 0. The second kappa shape index (κ2) is 27.9. The van der Waals surface area contributed by atoms with Gasteiger partial charge in [-0.2, -0.15) is 0 Å². The fourth-order valence-corrected chi connectivity index (χ4v) is 18.9. The van der Waals surface area contributed by atoms with E-state index in [2.05, 4.69) is 457 Å². The Hall–Kier alpha value is -14.0. The van der Waals surface area contributed by atoms with Gasteiger partial charge < -0.3 is 18.9 Å². The molecule has 0 aliphatic carbocycles. The summed E-state index contributed by atoms with van der Waals surface area (Å²) in [7, 11) is 0. The summed E-state index contributed by atoms with van der Waals surface area (Å²) < 4.78 is 5.03. The first-order chi connectivity index (χ1) is 57.1. The molecule has 5 heteroatoms. The summed E-state index contributed by atoms with van der Waals surface area (Å²) in [5.41, 5.74) is 40.1. The van der Waals surface area contributed by atoms with E-state index in [-0.39, 0.29) is 17.5 Å². The second-order valence-corrected chi connectivity index (χ2v) is 34.2. The summed E-state index contributed by atoms with van der Waals surface area (Å²) in [6, 6.07) is 145. The molecule has 21 rings (SSSR count). The van der Waals surface area contributed by atoms with Crippen LogP contribution in [0.25, 0.3) is 144 Å². The molecular weight excluding hydrogens is 1410 g/mol. The number of anilines is 6. The number of rotatable bonds is 12. The van der Waals surface area contributed by atoms with Crippen molar-refractivity contribution in [2.24, 2.45) is 0 Å². The molecule has 0 saturated heterocycles. The first-order valence-electron chi connectivity index (χ1n) is 41.1. The van der Waals surface area contributed by atoms with Gasteiger partial charge in [-0.15, -0.1) is 0 Å². The van der Waals surface area contributed by atoms with Crippen LogP contribution >= 0.6 is 0 Å². The van der Waals surface area contributed by atoms with Gasteiger partial charge in [0.1, 0.15) is 0 Å². The summed E-state index contributed by atoms with van der Waals surface area (Å²) in [5.74, 6) is 0. The molecule has 2 aliphatic rings. The van der Waals surface area contributed by atoms with Gasteiger partial charge in [0, 0.05) is 77.9 Å². The van der Waals surface area contributed by atoms with Crippen LogP contribution in [0, 0.1) is 13.8 Å². The van der Waals surface area contributed by atoms with E-state index in [1.165, 1.54) is 93.5 Å². The Bertz CT molecular complexity index is 6750. The van der Waals surface area contributed by atoms with Crippen LogP contribution < -0.4 is 26.2 Å². The predicted octanol–water partition coefficient (Wildman–Crippen LogP) is 28.5. The number of fused-ring (bicyclic) bond motifs is 10. The van der Waals surface area contributed by atoms with Gasteiger partial charge in [0.2, 0.25) is 0 Å². The number of para-hydroxylation sites is 2. The Morgan fingerprint density at radius 1 is 0.222 bits per heavy atom. The fourth-order valence-electron chi connectivity index (χ4n) is 18.9. The van der Waals surface area contributed by atoms with Crippen LogP contribution in [0.2, 0.25) is 0 Å². The first kappa shape index (κ1) is 70.8. The molecule has 0 N–H and O–H groups in total. The number of nitrogens with zero attached hydrogens (tertiary/aromatic N) is 4. The molecule has 4 heterocycles.